The van der Waals surface area contributed by atoms with Crippen molar-refractivity contribution in [3.8, 4) is 58.2 Å². The molecule has 0 aliphatic carbocycles. The zero-order valence-corrected chi connectivity index (χ0v) is 55.4. The number of hydrogen-bond donors (Lipinski definition) is 4. The van der Waals surface area contributed by atoms with Crippen LogP contribution in [-0.2, 0) is 19.8 Å². The standard InChI is InChI=1S/C26H27NO5.C26H23NO5.C22H19NO4.C4H5ClO/c2*1-17(2)23-15-21(29)26-24(30-12-6-5-11-28)13-18(14-25(26)32-23)16-31-22-9-10-27-20-8-4-3-7-19(20)22;1-13(2)20-11-19(25)22-18(24)9-15(10-21(22)27-20)26-12-14-7-8-23-17-6-4-3-5-16(14)17;5-3-1-2-4-6/h3-4,7-10,13-15,17,28H,5-6,11-12,16H2,1-2H3;3-4,7-10,13-15,17,28H,11-12,16H2,1-2H3;3-11,13,24H,12H2,1-2H3;6H,3-4H2. The Balaban J connectivity index is 0.000000164. The maximum atomic E-state index is 12.8. The SMILES string of the molecule is CC(C)c1cc(=O)c2c(O)cc(OCc3ccnc4ccccc34)cc2o1.CC(C)c1cc(=O)c2c(OCC#CCO)cc(COc3ccnc4ccccc34)cc2o1.CC(C)c1cc(=O)c2c(OCCCCO)cc(COc3ccnc4ccccc34)cc2o1.OCC#CCCl. The number of aliphatic hydroxyl groups is 3. The molecule has 0 saturated heterocycles. The van der Waals surface area contributed by atoms with Gasteiger partial charge >= 0.3 is 0 Å². The van der Waals surface area contributed by atoms with Gasteiger partial charge in [0.05, 0.1) is 29.0 Å². The Bertz CT molecular complexity index is 5000. The zero-order chi connectivity index (χ0) is 68.8. The Morgan fingerprint density at radius 3 is 1.39 bits per heavy atom. The van der Waals surface area contributed by atoms with Crippen LogP contribution in [0.3, 0.4) is 0 Å². The normalized spacial score (nSPS) is 10.9. The molecule has 4 N–H and O–H groups in total. The van der Waals surface area contributed by atoms with E-state index in [1.54, 1.807) is 36.8 Å². The van der Waals surface area contributed by atoms with Crippen molar-refractivity contribution in [3.05, 3.63) is 229 Å². The Morgan fingerprint density at radius 2 is 0.907 bits per heavy atom. The van der Waals surface area contributed by atoms with Crippen molar-refractivity contribution in [3.63, 3.8) is 0 Å². The van der Waals surface area contributed by atoms with Crippen LogP contribution in [0.15, 0.2) is 192 Å². The van der Waals surface area contributed by atoms with Gasteiger partial charge in [-0.3, -0.25) is 29.3 Å². The maximum Gasteiger partial charge on any atom is 0.196 e. The first-order chi connectivity index (χ1) is 47.1. The van der Waals surface area contributed by atoms with Crippen molar-refractivity contribution in [1.82, 2.24) is 15.0 Å². The van der Waals surface area contributed by atoms with E-state index in [1.165, 1.54) is 24.3 Å². The lowest BCUT2D eigenvalue weighted by Crippen LogP contribution is -2.08. The summed E-state index contributed by atoms with van der Waals surface area (Å²) in [5.41, 5.74) is 5.90. The van der Waals surface area contributed by atoms with Crippen molar-refractivity contribution in [2.45, 2.75) is 92.0 Å². The fraction of sp³-hybridized carbons (Fsp3) is 0.256. The maximum absolute atomic E-state index is 12.8. The number of aromatic nitrogens is 3. The number of hydrogen-bond acceptors (Lipinski definition) is 18. The molecule has 0 atom stereocenters. The molecule has 0 unspecified atom stereocenters. The summed E-state index contributed by atoms with van der Waals surface area (Å²) in [5, 5.41) is 39.9. The van der Waals surface area contributed by atoms with Gasteiger partial charge in [-0.05, 0) is 96.8 Å². The van der Waals surface area contributed by atoms with Crippen LogP contribution in [0, 0.1) is 23.7 Å². The molecule has 6 aromatic heterocycles. The Morgan fingerprint density at radius 1 is 0.454 bits per heavy atom. The number of para-hydroxylation sites is 3. The lowest BCUT2D eigenvalue weighted by molar-refractivity contribution is 0.253. The first-order valence-electron chi connectivity index (χ1n) is 31.5. The van der Waals surface area contributed by atoms with Crippen molar-refractivity contribution >= 4 is 77.2 Å². The molecule has 0 radical (unpaired) electrons. The first kappa shape index (κ1) is 70.6. The van der Waals surface area contributed by atoms with E-state index in [0.717, 1.165) is 55.1 Å². The van der Waals surface area contributed by atoms with E-state index in [-0.39, 0.29) is 84.8 Å². The van der Waals surface area contributed by atoms with E-state index in [1.807, 2.05) is 145 Å². The number of ether oxygens (including phenoxy) is 5. The van der Waals surface area contributed by atoms with Crippen LogP contribution in [0.2, 0.25) is 0 Å². The second-order valence-corrected chi connectivity index (χ2v) is 23.3. The zero-order valence-electron chi connectivity index (χ0n) is 54.6. The quantitative estimate of drug-likeness (QED) is 0.0333. The van der Waals surface area contributed by atoms with E-state index in [9.17, 15) is 19.5 Å². The highest BCUT2D eigenvalue weighted by molar-refractivity contribution is 6.19. The number of halogens is 1. The van der Waals surface area contributed by atoms with Crippen molar-refractivity contribution in [2.75, 3.05) is 38.9 Å². The van der Waals surface area contributed by atoms with Crippen LogP contribution in [0.5, 0.6) is 34.5 Å². The average molecular weight is 1330 g/mol. The highest BCUT2D eigenvalue weighted by Crippen LogP contribution is 2.34. The number of alkyl halides is 1. The molecule has 12 aromatic rings. The monoisotopic (exact) mass is 1330 g/mol. The molecular formula is C78H74ClN3O15. The number of phenols is 1. The number of rotatable bonds is 19. The highest BCUT2D eigenvalue weighted by atomic mass is 35.5. The molecule has 0 spiro atoms. The summed E-state index contributed by atoms with van der Waals surface area (Å²) < 4.78 is 47.6. The van der Waals surface area contributed by atoms with Gasteiger partial charge in [0.15, 0.2) is 16.3 Å². The van der Waals surface area contributed by atoms with E-state index in [4.69, 9.17) is 63.9 Å². The number of pyridine rings is 3. The smallest absolute Gasteiger partial charge is 0.196 e. The Kier molecular flexibility index (Phi) is 25.2. The fourth-order valence-corrected chi connectivity index (χ4v) is 10.2. The van der Waals surface area contributed by atoms with Gasteiger partial charge in [-0.2, -0.15) is 0 Å². The third kappa shape index (κ3) is 18.6. The van der Waals surface area contributed by atoms with Crippen molar-refractivity contribution < 1.29 is 57.4 Å². The highest BCUT2D eigenvalue weighted by Gasteiger charge is 2.19. The second-order valence-electron chi connectivity index (χ2n) is 23.0. The number of phenolic OH excluding ortho intramolecular Hbond substituents is 1. The third-order valence-electron chi connectivity index (χ3n) is 15.0. The minimum absolute atomic E-state index is 0.0420. The molecule has 0 amide bonds. The largest absolute Gasteiger partial charge is 0.507 e. The Hall–Kier alpha value is -10.7. The molecule has 0 aliphatic heterocycles. The predicted octanol–water partition coefficient (Wildman–Crippen LogP) is 14.6. The minimum Gasteiger partial charge on any atom is -0.507 e. The lowest BCUT2D eigenvalue weighted by atomic mass is 10.1. The second kappa shape index (κ2) is 34.6. The number of aliphatic hydroxyl groups excluding tert-OH is 3. The topological polar surface area (TPSA) is 256 Å². The molecule has 12 rings (SSSR count). The van der Waals surface area contributed by atoms with Crippen LogP contribution in [-0.4, -0.2) is 74.3 Å². The van der Waals surface area contributed by atoms with Gasteiger partial charge in [0.2, 0.25) is 0 Å². The van der Waals surface area contributed by atoms with E-state index in [0.29, 0.717) is 99.7 Å². The molecule has 498 valence electrons. The van der Waals surface area contributed by atoms with Crippen molar-refractivity contribution in [1.29, 1.82) is 0 Å². The van der Waals surface area contributed by atoms with Crippen molar-refractivity contribution in [2.24, 2.45) is 0 Å². The van der Waals surface area contributed by atoms with Crippen LogP contribution >= 0.6 is 11.6 Å². The molecule has 6 aromatic carbocycles. The fourth-order valence-electron chi connectivity index (χ4n) is 10.1. The molecule has 18 nitrogen and oxygen atoms in total. The van der Waals surface area contributed by atoms with Gasteiger partial charge in [-0.15, -0.1) is 11.6 Å². The predicted molar refractivity (Wildman–Crippen MR) is 377 cm³/mol. The number of benzene rings is 6. The van der Waals surface area contributed by atoms with Crippen LogP contribution in [0.25, 0.3) is 65.6 Å². The number of nitrogens with zero attached hydrogens (tertiary/aromatic N) is 3. The first-order valence-corrected chi connectivity index (χ1v) is 32.1. The summed E-state index contributed by atoms with van der Waals surface area (Å²) in [6, 6.07) is 43.8. The summed E-state index contributed by atoms with van der Waals surface area (Å²) in [4.78, 5) is 51.0. The van der Waals surface area contributed by atoms with Gasteiger partial charge in [-0.1, -0.05) is 108 Å². The molecular weight excluding hydrogens is 1250 g/mol. The third-order valence-corrected chi connectivity index (χ3v) is 15.1. The van der Waals surface area contributed by atoms with Gasteiger partial charge in [0, 0.05) is 95.0 Å². The summed E-state index contributed by atoms with van der Waals surface area (Å²) >= 11 is 5.10. The molecule has 97 heavy (non-hydrogen) atoms. The van der Waals surface area contributed by atoms with Crippen LogP contribution < -0.4 is 40.0 Å². The molecule has 0 bridgehead atoms. The molecule has 0 aliphatic rings. The lowest BCUT2D eigenvalue weighted by Gasteiger charge is -2.14. The van der Waals surface area contributed by atoms with Gasteiger partial charge in [-0.25, -0.2) is 0 Å². The molecule has 0 saturated carbocycles. The summed E-state index contributed by atoms with van der Waals surface area (Å²) in [6.45, 7) is 12.8. The van der Waals surface area contributed by atoms with Gasteiger partial charge < -0.3 is 57.4 Å². The number of unbranched alkanes of at least 4 members (excludes halogenated alkanes) is 1. The Labute approximate surface area is 564 Å². The molecule has 0 fully saturated rings. The molecule has 6 heterocycles. The van der Waals surface area contributed by atoms with Gasteiger partial charge in [0.25, 0.3) is 0 Å². The van der Waals surface area contributed by atoms with Gasteiger partial charge in [0.1, 0.15) is 124 Å². The summed E-state index contributed by atoms with van der Waals surface area (Å²) in [7, 11) is 0. The van der Waals surface area contributed by atoms with E-state index in [2.05, 4.69) is 38.6 Å². The summed E-state index contributed by atoms with van der Waals surface area (Å²) in [6.07, 6.45) is 6.51. The van der Waals surface area contributed by atoms with Crippen LogP contribution in [0.4, 0.5) is 0 Å². The van der Waals surface area contributed by atoms with E-state index >= 15 is 0 Å². The average Bonchev–Trinajstić information content (AvgIpc) is 0.803. The summed E-state index contributed by atoms with van der Waals surface area (Å²) in [5.74, 6) is 15.0. The van der Waals surface area contributed by atoms with Crippen LogP contribution in [0.1, 0.15) is 106 Å². The minimum atomic E-state index is -0.260. The number of fused-ring (bicyclic) bond motifs is 6. The number of aromatic hydroxyl groups is 1. The molecule has 19 heteroatoms. The van der Waals surface area contributed by atoms with E-state index < -0.39 is 0 Å².